The second-order valence-electron chi connectivity index (χ2n) is 8.75. The molecule has 1 aliphatic heterocycles. The molecule has 2 heterocycles. The third kappa shape index (κ3) is 4.92. The first-order chi connectivity index (χ1) is 16.7. The van der Waals surface area contributed by atoms with Crippen molar-refractivity contribution in [2.24, 2.45) is 5.92 Å². The number of alkyl halides is 6. The molecule has 1 unspecified atom stereocenters. The number of carbonyl (C=O) groups excluding carboxylic acids is 2. The van der Waals surface area contributed by atoms with Crippen molar-refractivity contribution in [3.05, 3.63) is 65.5 Å². The third-order valence-electron chi connectivity index (χ3n) is 5.80. The van der Waals surface area contributed by atoms with Gasteiger partial charge in [-0.1, -0.05) is 5.21 Å². The molecule has 192 valence electrons. The minimum atomic E-state index is -5.01. The molecular formula is C23H20F6N4O3. The van der Waals surface area contributed by atoms with E-state index in [1.165, 1.54) is 35.4 Å². The Morgan fingerprint density at radius 3 is 2.14 bits per heavy atom. The molecule has 1 aromatic carbocycles. The quantitative estimate of drug-likeness (QED) is 0.574. The Bertz CT molecular complexity index is 1200. The summed E-state index contributed by atoms with van der Waals surface area (Å²) in [6.45, 7) is 3.48. The van der Waals surface area contributed by atoms with Gasteiger partial charge in [0.2, 0.25) is 5.91 Å². The first-order valence-electron chi connectivity index (χ1n) is 10.8. The van der Waals surface area contributed by atoms with Crippen molar-refractivity contribution in [3.63, 3.8) is 0 Å². The number of hydrogen-bond acceptors (Lipinski definition) is 5. The number of carbonyl (C=O) groups is 2. The molecule has 1 fully saturated rings. The third-order valence-corrected chi connectivity index (χ3v) is 5.80. The lowest BCUT2D eigenvalue weighted by Gasteiger charge is -2.48. The Morgan fingerprint density at radius 2 is 1.61 bits per heavy atom. The molecule has 1 atom stereocenters. The fourth-order valence-electron chi connectivity index (χ4n) is 4.16. The zero-order valence-electron chi connectivity index (χ0n) is 19.0. The van der Waals surface area contributed by atoms with Gasteiger partial charge in [-0.25, -0.2) is 4.68 Å². The van der Waals surface area contributed by atoms with Crippen molar-refractivity contribution in [1.29, 1.82) is 0 Å². The first kappa shape index (κ1) is 25.6. The van der Waals surface area contributed by atoms with E-state index in [-0.39, 0.29) is 42.5 Å². The molecule has 7 nitrogen and oxygen atoms in total. The number of ether oxygens (including phenoxy) is 1. The zero-order chi connectivity index (χ0) is 26.5. The van der Waals surface area contributed by atoms with Gasteiger partial charge in [0.05, 0.1) is 41.2 Å². The average molecular weight is 514 g/mol. The van der Waals surface area contributed by atoms with E-state index in [1.54, 1.807) is 13.8 Å². The Hall–Kier alpha value is -3.48. The fraction of sp³-hybridized carbons (Fsp3) is 0.391. The van der Waals surface area contributed by atoms with Crippen molar-refractivity contribution in [1.82, 2.24) is 19.9 Å². The van der Waals surface area contributed by atoms with Gasteiger partial charge in [-0.2, -0.15) is 26.3 Å². The van der Waals surface area contributed by atoms with Gasteiger partial charge >= 0.3 is 12.4 Å². The van der Waals surface area contributed by atoms with E-state index in [9.17, 15) is 35.9 Å². The second kappa shape index (κ2) is 8.87. The smallest absolute Gasteiger partial charge is 0.347 e. The molecule has 1 aliphatic carbocycles. The van der Waals surface area contributed by atoms with Crippen LogP contribution >= 0.6 is 0 Å². The second-order valence-corrected chi connectivity index (χ2v) is 8.75. The molecule has 0 bridgehead atoms. The molecule has 2 aromatic rings. The van der Waals surface area contributed by atoms with Gasteiger partial charge in [0.15, 0.2) is 11.5 Å². The number of benzene rings is 1. The molecule has 13 heteroatoms. The average Bonchev–Trinajstić information content (AvgIpc) is 3.25. The predicted molar refractivity (Wildman–Crippen MR) is 113 cm³/mol. The van der Waals surface area contributed by atoms with Crippen LogP contribution in [-0.2, 0) is 33.1 Å². The van der Waals surface area contributed by atoms with Crippen LogP contribution in [0.3, 0.4) is 0 Å². The van der Waals surface area contributed by atoms with Crippen LogP contribution in [0, 0.1) is 5.92 Å². The summed E-state index contributed by atoms with van der Waals surface area (Å²) in [7, 11) is 0. The Morgan fingerprint density at radius 1 is 1.03 bits per heavy atom. The normalized spacial score (nSPS) is 20.1. The predicted octanol–water partition coefficient (Wildman–Crippen LogP) is 4.12. The van der Waals surface area contributed by atoms with Crippen LogP contribution in [-0.4, -0.2) is 50.0 Å². The summed E-state index contributed by atoms with van der Waals surface area (Å²) in [5.41, 5.74) is -4.49. The van der Waals surface area contributed by atoms with Crippen molar-refractivity contribution < 1.29 is 40.7 Å². The van der Waals surface area contributed by atoms with Crippen LogP contribution in [0.5, 0.6) is 0 Å². The SMILES string of the molecule is CC(C)N1C(=O)C(Cc2cn(-c3cc(C(F)(F)F)cc(C(F)(F)F)c3)nn2)COC12C=CC(=O)C=C2. The highest BCUT2D eigenvalue weighted by atomic mass is 19.4. The largest absolute Gasteiger partial charge is 0.416 e. The van der Waals surface area contributed by atoms with Crippen molar-refractivity contribution in [2.75, 3.05) is 6.61 Å². The number of rotatable bonds is 4. The van der Waals surface area contributed by atoms with E-state index < -0.39 is 40.8 Å². The highest BCUT2D eigenvalue weighted by Gasteiger charge is 2.47. The van der Waals surface area contributed by atoms with E-state index in [1.807, 2.05) is 0 Å². The van der Waals surface area contributed by atoms with Crippen LogP contribution in [0.4, 0.5) is 26.3 Å². The summed E-state index contributed by atoms with van der Waals surface area (Å²) < 4.78 is 85.9. The minimum absolute atomic E-state index is 0.0183. The zero-order valence-corrected chi connectivity index (χ0v) is 19.0. The van der Waals surface area contributed by atoms with E-state index in [0.29, 0.717) is 12.1 Å². The van der Waals surface area contributed by atoms with E-state index in [0.717, 1.165) is 4.68 Å². The molecule has 1 aromatic heterocycles. The summed E-state index contributed by atoms with van der Waals surface area (Å²) in [6.07, 6.45) is -3.26. The molecule has 4 rings (SSSR count). The Balaban J connectivity index is 1.59. The maximum absolute atomic E-state index is 13.3. The van der Waals surface area contributed by atoms with E-state index in [2.05, 4.69) is 10.3 Å². The summed E-state index contributed by atoms with van der Waals surface area (Å²) in [4.78, 5) is 26.3. The summed E-state index contributed by atoms with van der Waals surface area (Å²) in [6, 6.07) is 0.785. The topological polar surface area (TPSA) is 77.3 Å². The van der Waals surface area contributed by atoms with Crippen LogP contribution < -0.4 is 0 Å². The van der Waals surface area contributed by atoms with Crippen LogP contribution in [0.2, 0.25) is 0 Å². The molecule has 0 N–H and O–H groups in total. The van der Waals surface area contributed by atoms with Gasteiger partial charge in [0, 0.05) is 12.5 Å². The van der Waals surface area contributed by atoms with Crippen LogP contribution in [0.1, 0.15) is 30.7 Å². The van der Waals surface area contributed by atoms with Crippen molar-refractivity contribution >= 4 is 11.7 Å². The number of nitrogens with zero attached hydrogens (tertiary/aromatic N) is 4. The Labute approximate surface area is 201 Å². The van der Waals surface area contributed by atoms with Gasteiger partial charge in [0.25, 0.3) is 0 Å². The number of halogens is 6. The molecule has 2 aliphatic rings. The molecule has 36 heavy (non-hydrogen) atoms. The van der Waals surface area contributed by atoms with Gasteiger partial charge < -0.3 is 9.64 Å². The van der Waals surface area contributed by atoms with Gasteiger partial charge in [-0.05, 0) is 56.4 Å². The number of hydrogen-bond donors (Lipinski definition) is 0. The summed E-state index contributed by atoms with van der Waals surface area (Å²) >= 11 is 0. The number of ketones is 1. The monoisotopic (exact) mass is 514 g/mol. The molecular weight excluding hydrogens is 494 g/mol. The van der Waals surface area contributed by atoms with Gasteiger partial charge in [-0.3, -0.25) is 9.59 Å². The molecule has 1 spiro atoms. The highest BCUT2D eigenvalue weighted by Crippen LogP contribution is 2.37. The molecule has 1 saturated heterocycles. The van der Waals surface area contributed by atoms with Crippen LogP contribution in [0.15, 0.2) is 48.7 Å². The Kier molecular flexibility index (Phi) is 6.31. The van der Waals surface area contributed by atoms with Gasteiger partial charge in [-0.15, -0.1) is 5.10 Å². The highest BCUT2D eigenvalue weighted by molar-refractivity contribution is 6.01. The first-order valence-corrected chi connectivity index (χ1v) is 10.8. The molecule has 0 saturated carbocycles. The number of aromatic nitrogens is 3. The molecule has 1 amide bonds. The van der Waals surface area contributed by atoms with Crippen LogP contribution in [0.25, 0.3) is 5.69 Å². The van der Waals surface area contributed by atoms with E-state index in [4.69, 9.17) is 4.74 Å². The summed E-state index contributed by atoms with van der Waals surface area (Å²) in [5.74, 6) is -1.30. The van der Waals surface area contributed by atoms with E-state index >= 15 is 0 Å². The standard InChI is InChI=1S/C23H20F6N4O3/c1-13(2)33-20(35)14(12-36-21(33)5-3-19(34)4-6-21)7-17-11-32(31-30-17)18-9-15(22(24,25)26)8-16(10-18)23(27,28)29/h3-6,8-11,13-14H,7,12H2,1-2H3. The van der Waals surface area contributed by atoms with Crippen molar-refractivity contribution in [2.45, 2.75) is 44.4 Å². The lowest BCUT2D eigenvalue weighted by atomic mass is 9.93. The maximum atomic E-state index is 13.3. The lowest BCUT2D eigenvalue weighted by Crippen LogP contribution is -2.61. The number of amides is 1. The minimum Gasteiger partial charge on any atom is -0.347 e. The fourth-order valence-corrected chi connectivity index (χ4v) is 4.16. The van der Waals surface area contributed by atoms with Crippen molar-refractivity contribution in [3.8, 4) is 5.69 Å². The maximum Gasteiger partial charge on any atom is 0.416 e. The van der Waals surface area contributed by atoms with Gasteiger partial charge in [0.1, 0.15) is 0 Å². The number of allylic oxidation sites excluding steroid dienone is 2. The summed E-state index contributed by atoms with van der Waals surface area (Å²) in [5, 5.41) is 7.52. The lowest BCUT2D eigenvalue weighted by molar-refractivity contribution is -0.185. The molecule has 0 radical (unpaired) electrons.